The summed E-state index contributed by atoms with van der Waals surface area (Å²) in [5, 5.41) is 2.80. The van der Waals surface area contributed by atoms with Crippen LogP contribution in [0.3, 0.4) is 0 Å². The Hall–Kier alpha value is -3.54. The van der Waals surface area contributed by atoms with E-state index in [1.165, 1.54) is 0 Å². The van der Waals surface area contributed by atoms with E-state index in [0.29, 0.717) is 23.5 Å². The maximum Gasteiger partial charge on any atom is 0.252 e. The van der Waals surface area contributed by atoms with Crippen LogP contribution in [0.15, 0.2) is 41.2 Å². The number of fused-ring (bicyclic) bond motifs is 2. The van der Waals surface area contributed by atoms with Crippen LogP contribution in [-0.4, -0.2) is 31.3 Å². The first-order valence-corrected chi connectivity index (χ1v) is 11.2. The lowest BCUT2D eigenvalue weighted by Crippen LogP contribution is -2.16. The number of aromatic amines is 1. The summed E-state index contributed by atoms with van der Waals surface area (Å²) in [6.45, 7) is 4.07. The lowest BCUT2D eigenvalue weighted by Gasteiger charge is -2.15. The van der Waals surface area contributed by atoms with Crippen molar-refractivity contribution in [1.29, 1.82) is 0 Å². The van der Waals surface area contributed by atoms with E-state index in [2.05, 4.69) is 18.0 Å². The summed E-state index contributed by atoms with van der Waals surface area (Å²) in [5.41, 5.74) is 4.41. The number of nitrogens with one attached hydrogen (secondary N) is 1. The van der Waals surface area contributed by atoms with Crippen LogP contribution in [0.25, 0.3) is 21.7 Å². The van der Waals surface area contributed by atoms with E-state index in [1.54, 1.807) is 21.3 Å². The Morgan fingerprint density at radius 1 is 0.941 bits per heavy atom. The van der Waals surface area contributed by atoms with Gasteiger partial charge in [-0.05, 0) is 67.1 Å². The van der Waals surface area contributed by atoms with Crippen molar-refractivity contribution < 1.29 is 14.2 Å². The molecule has 180 valence electrons. The van der Waals surface area contributed by atoms with E-state index in [1.807, 2.05) is 37.3 Å². The van der Waals surface area contributed by atoms with E-state index >= 15 is 0 Å². The Balaban J connectivity index is 0.00000324. The molecule has 0 radical (unpaired) electrons. The fraction of sp³-hybridized carbons (Fsp3) is 0.357. The van der Waals surface area contributed by atoms with Crippen LogP contribution in [0.5, 0.6) is 17.2 Å². The van der Waals surface area contributed by atoms with Crippen molar-refractivity contribution in [2.75, 3.05) is 21.3 Å². The Morgan fingerprint density at radius 2 is 1.65 bits per heavy atom. The van der Waals surface area contributed by atoms with Crippen molar-refractivity contribution in [2.45, 2.75) is 47.0 Å². The van der Waals surface area contributed by atoms with E-state index in [0.717, 1.165) is 63.6 Å². The third kappa shape index (κ3) is 4.72. The minimum Gasteiger partial charge on any atom is -0.497 e. The van der Waals surface area contributed by atoms with Crippen LogP contribution in [0.1, 0.15) is 49.7 Å². The Kier molecular flexibility index (Phi) is 7.82. The van der Waals surface area contributed by atoms with Gasteiger partial charge in [0.1, 0.15) is 5.75 Å². The van der Waals surface area contributed by atoms with Crippen LogP contribution in [0.4, 0.5) is 0 Å². The second kappa shape index (κ2) is 10.6. The van der Waals surface area contributed by atoms with Gasteiger partial charge in [0.15, 0.2) is 11.5 Å². The van der Waals surface area contributed by atoms with Crippen molar-refractivity contribution in [2.24, 2.45) is 0 Å². The average Bonchev–Trinajstić information content (AvgIpc) is 2.83. The number of unbranched alkanes of at least 4 members (excludes halogenated alkanes) is 1. The third-order valence-electron chi connectivity index (χ3n) is 6.15. The second-order valence-corrected chi connectivity index (χ2v) is 8.24. The number of aryl methyl sites for hydroxylation is 2. The zero-order valence-electron chi connectivity index (χ0n) is 19.9. The molecule has 0 aliphatic heterocycles. The van der Waals surface area contributed by atoms with Gasteiger partial charge in [-0.3, -0.25) is 9.78 Å². The van der Waals surface area contributed by atoms with Crippen molar-refractivity contribution in [3.8, 4) is 17.2 Å². The minimum absolute atomic E-state index is 0. The van der Waals surface area contributed by atoms with Gasteiger partial charge in [0.05, 0.1) is 26.8 Å². The number of nitrogens with zero attached hydrogens (tertiary/aromatic N) is 1. The average molecular weight is 463 g/mol. The number of rotatable bonds is 8. The molecule has 0 unspecified atom stereocenters. The predicted molar refractivity (Wildman–Crippen MR) is 139 cm³/mol. The molecular weight excluding hydrogens is 428 g/mol. The summed E-state index contributed by atoms with van der Waals surface area (Å²) in [5.74, 6) is 2.02. The van der Waals surface area contributed by atoms with Gasteiger partial charge in [0.25, 0.3) is 5.56 Å². The molecule has 0 saturated carbocycles. The fourth-order valence-corrected chi connectivity index (χ4v) is 4.32. The van der Waals surface area contributed by atoms with E-state index < -0.39 is 0 Å². The first kappa shape index (κ1) is 25.1. The van der Waals surface area contributed by atoms with E-state index in [9.17, 15) is 4.79 Å². The highest BCUT2D eigenvalue weighted by atomic mass is 16.5. The maximum atomic E-state index is 13.1. The first-order valence-electron chi connectivity index (χ1n) is 11.2. The lowest BCUT2D eigenvalue weighted by atomic mass is 9.95. The van der Waals surface area contributed by atoms with Gasteiger partial charge in [0, 0.05) is 34.1 Å². The summed E-state index contributed by atoms with van der Waals surface area (Å²) in [6, 6.07) is 11.9. The van der Waals surface area contributed by atoms with Gasteiger partial charge in [-0.1, -0.05) is 20.8 Å². The molecule has 0 aliphatic carbocycles. The Bertz CT molecular complexity index is 1370. The topological polar surface area (TPSA) is 73.4 Å². The molecule has 6 heteroatoms. The highest BCUT2D eigenvalue weighted by Gasteiger charge is 2.17. The van der Waals surface area contributed by atoms with Gasteiger partial charge in [-0.25, -0.2) is 0 Å². The summed E-state index contributed by atoms with van der Waals surface area (Å²) < 4.78 is 16.4. The molecule has 0 atom stereocenters. The fourth-order valence-electron chi connectivity index (χ4n) is 4.32. The van der Waals surface area contributed by atoms with Crippen LogP contribution < -0.4 is 19.8 Å². The minimum atomic E-state index is -0.0978. The second-order valence-electron chi connectivity index (χ2n) is 8.24. The molecule has 2 aromatic heterocycles. The maximum absolute atomic E-state index is 13.1. The number of pyridine rings is 2. The third-order valence-corrected chi connectivity index (χ3v) is 6.15. The summed E-state index contributed by atoms with van der Waals surface area (Å²) in [7, 11) is 4.87. The van der Waals surface area contributed by atoms with Gasteiger partial charge < -0.3 is 19.2 Å². The van der Waals surface area contributed by atoms with Crippen LogP contribution in [-0.2, 0) is 12.8 Å². The standard InChI is InChI=1S/C27H30N2O4.CH4/c1-6-7-8-23-18(11-17-12-19(31-3)9-10-24(17)29-23)13-22-21-15-26(33-5)25(32-4)14-20(21)16(2)28-27(22)30;/h9-12,14-15H,6-8,13H2,1-5H3,(H,28,30);1H4. The molecule has 0 bridgehead atoms. The zero-order valence-corrected chi connectivity index (χ0v) is 19.9. The number of aromatic nitrogens is 2. The predicted octanol–water partition coefficient (Wildman–Crippen LogP) is 5.98. The summed E-state index contributed by atoms with van der Waals surface area (Å²) >= 11 is 0. The highest BCUT2D eigenvalue weighted by Crippen LogP contribution is 2.35. The first-order chi connectivity index (χ1) is 16.0. The van der Waals surface area contributed by atoms with Crippen LogP contribution in [0, 0.1) is 6.92 Å². The van der Waals surface area contributed by atoms with Gasteiger partial charge in [-0.15, -0.1) is 0 Å². The van der Waals surface area contributed by atoms with Crippen LogP contribution in [0.2, 0.25) is 0 Å². The molecular formula is C28H34N2O4. The van der Waals surface area contributed by atoms with Crippen molar-refractivity contribution in [3.05, 3.63) is 69.3 Å². The molecule has 34 heavy (non-hydrogen) atoms. The van der Waals surface area contributed by atoms with Crippen molar-refractivity contribution >= 4 is 21.7 Å². The molecule has 2 heterocycles. The number of benzene rings is 2. The molecule has 0 fully saturated rings. The largest absolute Gasteiger partial charge is 0.497 e. The molecule has 6 nitrogen and oxygen atoms in total. The summed E-state index contributed by atoms with van der Waals surface area (Å²) in [6.07, 6.45) is 3.46. The van der Waals surface area contributed by atoms with Crippen molar-refractivity contribution in [3.63, 3.8) is 0 Å². The molecule has 0 amide bonds. The highest BCUT2D eigenvalue weighted by molar-refractivity contribution is 5.91. The SMILES string of the molecule is C.CCCCc1nc2ccc(OC)cc2cc1Cc1c(=O)[nH]c(C)c2cc(OC)c(OC)cc12. The molecule has 4 aromatic rings. The lowest BCUT2D eigenvalue weighted by molar-refractivity contribution is 0.356. The quantitative estimate of drug-likeness (QED) is 0.349. The monoisotopic (exact) mass is 462 g/mol. The van der Waals surface area contributed by atoms with Gasteiger partial charge in [0.2, 0.25) is 0 Å². The number of hydrogen-bond acceptors (Lipinski definition) is 5. The molecule has 1 N–H and O–H groups in total. The van der Waals surface area contributed by atoms with Crippen LogP contribution >= 0.6 is 0 Å². The number of hydrogen-bond donors (Lipinski definition) is 1. The Morgan fingerprint density at radius 3 is 2.29 bits per heavy atom. The number of H-pyrrole nitrogens is 1. The normalized spacial score (nSPS) is 10.9. The summed E-state index contributed by atoms with van der Waals surface area (Å²) in [4.78, 5) is 21.1. The van der Waals surface area contributed by atoms with E-state index in [-0.39, 0.29) is 13.0 Å². The molecule has 0 aliphatic rings. The van der Waals surface area contributed by atoms with Crippen molar-refractivity contribution in [1.82, 2.24) is 9.97 Å². The Labute approximate surface area is 200 Å². The van der Waals surface area contributed by atoms with Gasteiger partial charge >= 0.3 is 0 Å². The molecule has 0 spiro atoms. The zero-order chi connectivity index (χ0) is 23.5. The molecule has 0 saturated heterocycles. The van der Waals surface area contributed by atoms with Gasteiger partial charge in [-0.2, -0.15) is 0 Å². The molecule has 2 aromatic carbocycles. The molecule has 4 rings (SSSR count). The smallest absolute Gasteiger partial charge is 0.252 e. The number of methoxy groups -OCH3 is 3. The number of ether oxygens (including phenoxy) is 3. The van der Waals surface area contributed by atoms with E-state index in [4.69, 9.17) is 19.2 Å².